The first-order chi connectivity index (χ1) is 4.09. The first kappa shape index (κ1) is 8.01. The van der Waals surface area contributed by atoms with Crippen molar-refractivity contribution in [2.24, 2.45) is 5.73 Å². The van der Waals surface area contributed by atoms with E-state index in [0.29, 0.717) is 12.0 Å². The van der Waals surface area contributed by atoms with Crippen molar-refractivity contribution in [3.63, 3.8) is 0 Å². The molecule has 0 bridgehead atoms. The van der Waals surface area contributed by atoms with Gasteiger partial charge in [-0.05, 0) is 13.3 Å². The zero-order chi connectivity index (χ0) is 7.44. The van der Waals surface area contributed by atoms with Crippen LogP contribution in [0.1, 0.15) is 20.3 Å². The summed E-state index contributed by atoms with van der Waals surface area (Å²) in [6.45, 7) is 3.21. The van der Waals surface area contributed by atoms with Gasteiger partial charge in [-0.2, -0.15) is 0 Å². The Hall–Kier alpha value is -0.990. The molecule has 1 amide bonds. The Bertz CT molecular complexity index is 145. The third kappa shape index (κ3) is 2.17. The van der Waals surface area contributed by atoms with Gasteiger partial charge < -0.3 is 10.8 Å². The number of hydrogen-bond acceptors (Lipinski definition) is 2. The Morgan fingerprint density at radius 2 is 2.11 bits per heavy atom. The van der Waals surface area contributed by atoms with Crippen molar-refractivity contribution in [2.75, 3.05) is 0 Å². The van der Waals surface area contributed by atoms with Crippen molar-refractivity contribution in [3.05, 3.63) is 11.3 Å². The summed E-state index contributed by atoms with van der Waals surface area (Å²) in [7, 11) is 0. The highest BCUT2D eigenvalue weighted by Crippen LogP contribution is 2.03. The van der Waals surface area contributed by atoms with E-state index in [1.165, 1.54) is 6.92 Å². The normalized spacial score (nSPS) is 12.7. The molecule has 0 aliphatic carbocycles. The average Bonchev–Trinajstić information content (AvgIpc) is 1.64. The van der Waals surface area contributed by atoms with Crippen LogP contribution in [0.3, 0.4) is 0 Å². The Morgan fingerprint density at radius 3 is 2.11 bits per heavy atom. The number of primary amides is 1. The highest BCUT2D eigenvalue weighted by molar-refractivity contribution is 5.92. The van der Waals surface area contributed by atoms with Crippen LogP contribution >= 0.6 is 0 Å². The average molecular weight is 129 g/mol. The summed E-state index contributed by atoms with van der Waals surface area (Å²) in [5.74, 6) is -0.525. The second-order valence-electron chi connectivity index (χ2n) is 1.78. The van der Waals surface area contributed by atoms with Gasteiger partial charge in [0.25, 0.3) is 0 Å². The lowest BCUT2D eigenvalue weighted by Gasteiger charge is -1.97. The summed E-state index contributed by atoms with van der Waals surface area (Å²) >= 11 is 0. The molecule has 0 aliphatic rings. The largest absolute Gasteiger partial charge is 0.512 e. The number of amides is 1. The second kappa shape index (κ2) is 3.12. The standard InChI is InChI=1S/C6H11NO2/c1-3-5(4(2)8)6(7)9/h8H,3H2,1-2H3,(H2,7,9)/b5-4-. The number of hydrogen-bond donors (Lipinski definition) is 2. The van der Waals surface area contributed by atoms with E-state index in [-0.39, 0.29) is 5.76 Å². The summed E-state index contributed by atoms with van der Waals surface area (Å²) in [6, 6.07) is 0. The first-order valence-electron chi connectivity index (χ1n) is 2.78. The minimum absolute atomic E-state index is 0.0185. The van der Waals surface area contributed by atoms with Crippen molar-refractivity contribution in [1.29, 1.82) is 0 Å². The van der Waals surface area contributed by atoms with Gasteiger partial charge >= 0.3 is 0 Å². The van der Waals surface area contributed by atoms with Crippen molar-refractivity contribution in [2.45, 2.75) is 20.3 Å². The van der Waals surface area contributed by atoms with Crippen molar-refractivity contribution in [1.82, 2.24) is 0 Å². The van der Waals surface area contributed by atoms with Crippen LogP contribution in [0.5, 0.6) is 0 Å². The molecular formula is C6H11NO2. The smallest absolute Gasteiger partial charge is 0.247 e. The van der Waals surface area contributed by atoms with E-state index in [9.17, 15) is 4.79 Å². The van der Waals surface area contributed by atoms with Gasteiger partial charge in [0, 0.05) is 0 Å². The van der Waals surface area contributed by atoms with Gasteiger partial charge in [0.1, 0.15) is 0 Å². The number of carbonyl (C=O) groups excluding carboxylic acids is 1. The number of carbonyl (C=O) groups is 1. The molecule has 0 spiro atoms. The molecule has 52 valence electrons. The highest BCUT2D eigenvalue weighted by atomic mass is 16.3. The van der Waals surface area contributed by atoms with E-state index in [0.717, 1.165) is 0 Å². The van der Waals surface area contributed by atoms with Crippen molar-refractivity contribution in [3.8, 4) is 0 Å². The van der Waals surface area contributed by atoms with Crippen LogP contribution in [-0.2, 0) is 4.79 Å². The zero-order valence-corrected chi connectivity index (χ0v) is 5.64. The van der Waals surface area contributed by atoms with Gasteiger partial charge in [0.05, 0.1) is 11.3 Å². The number of rotatable bonds is 2. The molecule has 0 fully saturated rings. The molecule has 0 rings (SSSR count). The summed E-state index contributed by atoms with van der Waals surface area (Å²) in [6.07, 6.45) is 0.484. The molecule has 0 heterocycles. The van der Waals surface area contributed by atoms with E-state index in [2.05, 4.69) is 0 Å². The highest BCUT2D eigenvalue weighted by Gasteiger charge is 2.04. The van der Waals surface area contributed by atoms with E-state index >= 15 is 0 Å². The minimum Gasteiger partial charge on any atom is -0.512 e. The molecule has 3 N–H and O–H groups in total. The molecule has 0 saturated carbocycles. The molecule has 0 aromatic carbocycles. The molecule has 0 saturated heterocycles. The predicted molar refractivity (Wildman–Crippen MR) is 34.8 cm³/mol. The van der Waals surface area contributed by atoms with Gasteiger partial charge in [-0.1, -0.05) is 6.92 Å². The van der Waals surface area contributed by atoms with Crippen LogP contribution < -0.4 is 5.73 Å². The molecule has 9 heavy (non-hydrogen) atoms. The maximum absolute atomic E-state index is 10.4. The van der Waals surface area contributed by atoms with E-state index < -0.39 is 5.91 Å². The topological polar surface area (TPSA) is 63.3 Å². The van der Waals surface area contributed by atoms with E-state index in [1.54, 1.807) is 6.92 Å². The molecule has 0 aromatic rings. The third-order valence-corrected chi connectivity index (χ3v) is 1.09. The fourth-order valence-electron chi connectivity index (χ4n) is 0.608. The van der Waals surface area contributed by atoms with Crippen LogP contribution in [0.2, 0.25) is 0 Å². The van der Waals surface area contributed by atoms with Crippen LogP contribution in [0.25, 0.3) is 0 Å². The van der Waals surface area contributed by atoms with Crippen LogP contribution in [0.15, 0.2) is 11.3 Å². The Morgan fingerprint density at radius 1 is 1.67 bits per heavy atom. The fraction of sp³-hybridized carbons (Fsp3) is 0.500. The maximum atomic E-state index is 10.4. The van der Waals surface area contributed by atoms with Crippen LogP contribution in [0.4, 0.5) is 0 Å². The van der Waals surface area contributed by atoms with Crippen molar-refractivity contribution >= 4 is 5.91 Å². The Kier molecular flexibility index (Phi) is 2.78. The van der Waals surface area contributed by atoms with Crippen molar-refractivity contribution < 1.29 is 9.90 Å². The SMILES string of the molecule is CC/C(C(N)=O)=C(\C)O. The van der Waals surface area contributed by atoms with Gasteiger partial charge in [-0.3, -0.25) is 4.79 Å². The summed E-state index contributed by atoms with van der Waals surface area (Å²) < 4.78 is 0. The summed E-state index contributed by atoms with van der Waals surface area (Å²) in [5, 5.41) is 8.76. The first-order valence-corrected chi connectivity index (χ1v) is 2.78. The molecule has 0 aromatic heterocycles. The monoisotopic (exact) mass is 129 g/mol. The molecule has 0 unspecified atom stereocenters. The molecule has 0 atom stereocenters. The molecule has 0 radical (unpaired) electrons. The molecule has 3 heteroatoms. The zero-order valence-electron chi connectivity index (χ0n) is 5.64. The Balaban J connectivity index is 4.35. The summed E-state index contributed by atoms with van der Waals surface area (Å²) in [4.78, 5) is 10.4. The Labute approximate surface area is 54.2 Å². The fourth-order valence-corrected chi connectivity index (χ4v) is 0.608. The molecule has 3 nitrogen and oxygen atoms in total. The number of nitrogens with two attached hydrogens (primary N) is 1. The van der Waals surface area contributed by atoms with Gasteiger partial charge in [-0.25, -0.2) is 0 Å². The van der Waals surface area contributed by atoms with Crippen LogP contribution in [-0.4, -0.2) is 11.0 Å². The molecular weight excluding hydrogens is 118 g/mol. The lowest BCUT2D eigenvalue weighted by atomic mass is 10.2. The van der Waals surface area contributed by atoms with Crippen LogP contribution in [0, 0.1) is 0 Å². The quantitative estimate of drug-likeness (QED) is 0.426. The van der Waals surface area contributed by atoms with Gasteiger partial charge in [0.15, 0.2) is 0 Å². The number of aliphatic hydroxyl groups is 1. The van der Waals surface area contributed by atoms with Gasteiger partial charge in [0.2, 0.25) is 5.91 Å². The lowest BCUT2D eigenvalue weighted by Crippen LogP contribution is -2.14. The predicted octanol–water partition coefficient (Wildman–Crippen LogP) is 0.714. The number of aliphatic hydroxyl groups excluding tert-OH is 1. The summed E-state index contributed by atoms with van der Waals surface area (Å²) in [5.41, 5.74) is 5.19. The minimum atomic E-state index is -0.544. The second-order valence-corrected chi connectivity index (χ2v) is 1.78. The number of allylic oxidation sites excluding steroid dienone is 1. The van der Waals surface area contributed by atoms with Gasteiger partial charge in [-0.15, -0.1) is 0 Å². The van der Waals surface area contributed by atoms with E-state index in [4.69, 9.17) is 10.8 Å². The lowest BCUT2D eigenvalue weighted by molar-refractivity contribution is -0.114. The molecule has 0 aliphatic heterocycles. The maximum Gasteiger partial charge on any atom is 0.247 e. The third-order valence-electron chi connectivity index (χ3n) is 1.09. The van der Waals surface area contributed by atoms with E-state index in [1.807, 2.05) is 0 Å².